The van der Waals surface area contributed by atoms with Crippen LogP contribution in [0.15, 0.2) is 34.7 Å². The summed E-state index contributed by atoms with van der Waals surface area (Å²) in [6.07, 6.45) is 0.421. The van der Waals surface area contributed by atoms with E-state index in [1.54, 1.807) is 37.4 Å². The molecule has 1 atom stereocenters. The molecule has 3 aromatic rings. The van der Waals surface area contributed by atoms with Crippen molar-refractivity contribution in [3.05, 3.63) is 36.1 Å². The van der Waals surface area contributed by atoms with E-state index in [2.05, 4.69) is 20.7 Å². The van der Waals surface area contributed by atoms with Crippen molar-refractivity contribution in [3.63, 3.8) is 0 Å². The predicted molar refractivity (Wildman–Crippen MR) is 138 cm³/mol. The van der Waals surface area contributed by atoms with Crippen molar-refractivity contribution in [1.29, 1.82) is 0 Å². The van der Waals surface area contributed by atoms with Crippen LogP contribution in [0.4, 0.5) is 5.69 Å². The van der Waals surface area contributed by atoms with Crippen molar-refractivity contribution in [1.82, 2.24) is 25.5 Å². The number of ether oxygens (including phenoxy) is 2. The van der Waals surface area contributed by atoms with Crippen molar-refractivity contribution in [2.45, 2.75) is 66.1 Å². The number of nitrogens with one attached hydrogen (secondary N) is 1. The molecular formula is C26H36N6O5. The zero-order chi connectivity index (χ0) is 27.3. The Balaban J connectivity index is 2.03. The Kier molecular flexibility index (Phi) is 8.57. The van der Waals surface area contributed by atoms with Gasteiger partial charge in [0.25, 0.3) is 5.91 Å². The van der Waals surface area contributed by atoms with Gasteiger partial charge in [0.05, 0.1) is 19.9 Å². The normalized spacial score (nSPS) is 12.4. The smallest absolute Gasteiger partial charge is 0.251 e. The van der Waals surface area contributed by atoms with Gasteiger partial charge in [0.2, 0.25) is 11.7 Å². The molecule has 37 heavy (non-hydrogen) atoms. The Hall–Kier alpha value is -3.89. The molecule has 200 valence electrons. The van der Waals surface area contributed by atoms with E-state index in [0.29, 0.717) is 35.1 Å². The van der Waals surface area contributed by atoms with Crippen LogP contribution >= 0.6 is 0 Å². The van der Waals surface area contributed by atoms with Crippen molar-refractivity contribution in [2.24, 2.45) is 5.92 Å². The fourth-order valence-corrected chi connectivity index (χ4v) is 3.85. The number of hydrogen-bond acceptors (Lipinski definition) is 8. The van der Waals surface area contributed by atoms with Gasteiger partial charge in [0, 0.05) is 11.6 Å². The molecule has 0 saturated heterocycles. The van der Waals surface area contributed by atoms with Gasteiger partial charge in [0.15, 0.2) is 5.76 Å². The standard InChI is InChI=1S/C26H36N6O5/c1-16(2)13-20(25(34)27-26(4,5)6)32(19-11-10-18(35-7)14-22(19)36-8)23(33)15-31-29-24(28-30-31)21-12-9-17(3)37-21/h9-12,14,16,20H,13,15H2,1-8H3,(H,27,34). The molecule has 1 N–H and O–H groups in total. The van der Waals surface area contributed by atoms with Gasteiger partial charge < -0.3 is 19.2 Å². The number of tetrazole rings is 1. The number of carbonyl (C=O) groups is 2. The number of anilines is 1. The third-order valence-electron chi connectivity index (χ3n) is 5.41. The van der Waals surface area contributed by atoms with Crippen LogP contribution in [0.2, 0.25) is 0 Å². The van der Waals surface area contributed by atoms with Crippen molar-refractivity contribution in [3.8, 4) is 23.1 Å². The lowest BCUT2D eigenvalue weighted by Gasteiger charge is -2.35. The van der Waals surface area contributed by atoms with Gasteiger partial charge in [-0.05, 0) is 69.5 Å². The monoisotopic (exact) mass is 512 g/mol. The minimum absolute atomic E-state index is 0.119. The highest BCUT2D eigenvalue weighted by atomic mass is 16.5. The Bertz CT molecular complexity index is 1230. The summed E-state index contributed by atoms with van der Waals surface area (Å²) < 4.78 is 16.5. The third kappa shape index (κ3) is 7.08. The molecular weight excluding hydrogens is 476 g/mol. The molecule has 0 saturated carbocycles. The minimum atomic E-state index is -0.815. The zero-order valence-corrected chi connectivity index (χ0v) is 22.7. The average molecular weight is 513 g/mol. The Labute approximate surface area is 217 Å². The molecule has 0 bridgehead atoms. The largest absolute Gasteiger partial charge is 0.497 e. The van der Waals surface area contributed by atoms with Gasteiger partial charge in [0.1, 0.15) is 29.8 Å². The molecule has 2 amide bonds. The highest BCUT2D eigenvalue weighted by Crippen LogP contribution is 2.35. The SMILES string of the molecule is COc1ccc(N(C(=O)Cn2nnc(-c3ccc(C)o3)n2)C(CC(C)C)C(=O)NC(C)(C)C)c(OC)c1. The number of aromatic nitrogens is 4. The highest BCUT2D eigenvalue weighted by molar-refractivity contribution is 6.02. The topological polar surface area (TPSA) is 125 Å². The van der Waals surface area contributed by atoms with Crippen LogP contribution in [-0.4, -0.2) is 57.8 Å². The third-order valence-corrected chi connectivity index (χ3v) is 5.41. The van der Waals surface area contributed by atoms with Crippen molar-refractivity contribution < 1.29 is 23.5 Å². The first-order valence-electron chi connectivity index (χ1n) is 12.1. The molecule has 11 heteroatoms. The summed E-state index contributed by atoms with van der Waals surface area (Å²) in [5.41, 5.74) is -0.0563. The highest BCUT2D eigenvalue weighted by Gasteiger charge is 2.35. The Morgan fingerprint density at radius 2 is 1.86 bits per heavy atom. The maximum Gasteiger partial charge on any atom is 0.251 e. The summed E-state index contributed by atoms with van der Waals surface area (Å²) in [4.78, 5) is 30.1. The lowest BCUT2D eigenvalue weighted by atomic mass is 9.98. The number of nitrogens with zero attached hydrogens (tertiary/aromatic N) is 5. The molecule has 0 aliphatic carbocycles. The lowest BCUT2D eigenvalue weighted by Crippen LogP contribution is -2.55. The number of furan rings is 1. The van der Waals surface area contributed by atoms with Gasteiger partial charge in [-0.25, -0.2) is 0 Å². The maximum absolute atomic E-state index is 13.9. The number of carbonyl (C=O) groups excluding carboxylic acids is 2. The van der Waals surface area contributed by atoms with Crippen LogP contribution in [0.25, 0.3) is 11.6 Å². The van der Waals surface area contributed by atoms with E-state index in [-0.39, 0.29) is 24.2 Å². The number of hydrogen-bond donors (Lipinski definition) is 1. The summed E-state index contributed by atoms with van der Waals surface area (Å²) in [6, 6.07) is 7.82. The molecule has 3 rings (SSSR count). The van der Waals surface area contributed by atoms with E-state index in [1.807, 2.05) is 41.5 Å². The molecule has 2 heterocycles. The second kappa shape index (κ2) is 11.4. The number of benzene rings is 1. The molecule has 0 radical (unpaired) electrons. The van der Waals surface area contributed by atoms with Crippen molar-refractivity contribution >= 4 is 17.5 Å². The number of aryl methyl sites for hydroxylation is 1. The second-order valence-electron chi connectivity index (χ2n) is 10.2. The van der Waals surface area contributed by atoms with Crippen LogP contribution in [0.1, 0.15) is 46.8 Å². The van der Waals surface area contributed by atoms with Gasteiger partial charge >= 0.3 is 0 Å². The number of rotatable bonds is 10. The van der Waals surface area contributed by atoms with E-state index in [0.717, 1.165) is 0 Å². The van der Waals surface area contributed by atoms with Gasteiger partial charge in [-0.2, -0.15) is 4.80 Å². The van der Waals surface area contributed by atoms with E-state index in [1.165, 1.54) is 16.8 Å². The van der Waals surface area contributed by atoms with E-state index < -0.39 is 17.5 Å². The van der Waals surface area contributed by atoms with Crippen LogP contribution in [-0.2, 0) is 16.1 Å². The molecule has 0 fully saturated rings. The fraction of sp³-hybridized carbons (Fsp3) is 0.500. The molecule has 0 aliphatic rings. The van der Waals surface area contributed by atoms with Crippen LogP contribution in [0.3, 0.4) is 0 Å². The first-order valence-corrected chi connectivity index (χ1v) is 12.1. The number of amides is 2. The van der Waals surface area contributed by atoms with Gasteiger partial charge in [-0.3, -0.25) is 14.5 Å². The van der Waals surface area contributed by atoms with Crippen LogP contribution in [0, 0.1) is 12.8 Å². The second-order valence-corrected chi connectivity index (χ2v) is 10.2. The Morgan fingerprint density at radius 1 is 1.14 bits per heavy atom. The minimum Gasteiger partial charge on any atom is -0.497 e. The predicted octanol–water partition coefficient (Wildman–Crippen LogP) is 3.62. The summed E-state index contributed by atoms with van der Waals surface area (Å²) in [5, 5.41) is 15.4. The van der Waals surface area contributed by atoms with Crippen molar-refractivity contribution in [2.75, 3.05) is 19.1 Å². The summed E-state index contributed by atoms with van der Waals surface area (Å²) in [5.74, 6) is 1.82. The molecule has 1 aromatic carbocycles. The fourth-order valence-electron chi connectivity index (χ4n) is 3.85. The average Bonchev–Trinajstić information content (AvgIpc) is 3.46. The summed E-state index contributed by atoms with van der Waals surface area (Å²) in [6.45, 7) is 11.3. The van der Waals surface area contributed by atoms with Gasteiger partial charge in [-0.15, -0.1) is 10.2 Å². The molecule has 0 aliphatic heterocycles. The van der Waals surface area contributed by atoms with Crippen LogP contribution < -0.4 is 19.7 Å². The zero-order valence-electron chi connectivity index (χ0n) is 22.7. The molecule has 1 unspecified atom stereocenters. The number of methoxy groups -OCH3 is 2. The summed E-state index contributed by atoms with van der Waals surface area (Å²) in [7, 11) is 3.05. The first-order chi connectivity index (χ1) is 17.4. The molecule has 2 aromatic heterocycles. The molecule has 11 nitrogen and oxygen atoms in total. The van der Waals surface area contributed by atoms with E-state index in [4.69, 9.17) is 13.9 Å². The quantitative estimate of drug-likeness (QED) is 0.437. The van der Waals surface area contributed by atoms with E-state index in [9.17, 15) is 9.59 Å². The van der Waals surface area contributed by atoms with E-state index >= 15 is 0 Å². The Morgan fingerprint density at radius 3 is 2.43 bits per heavy atom. The molecule has 0 spiro atoms. The maximum atomic E-state index is 13.9. The van der Waals surface area contributed by atoms with Gasteiger partial charge in [-0.1, -0.05) is 13.8 Å². The van der Waals surface area contributed by atoms with Crippen LogP contribution in [0.5, 0.6) is 11.5 Å². The summed E-state index contributed by atoms with van der Waals surface area (Å²) >= 11 is 0. The lowest BCUT2D eigenvalue weighted by molar-refractivity contribution is -0.128. The first kappa shape index (κ1) is 27.7.